The molecule has 0 radical (unpaired) electrons. The molecule has 8 heteroatoms. The highest BCUT2D eigenvalue weighted by atomic mass is 32.2. The van der Waals surface area contributed by atoms with Gasteiger partial charge in [-0.15, -0.1) is 0 Å². The molecule has 0 aliphatic carbocycles. The van der Waals surface area contributed by atoms with Crippen molar-refractivity contribution in [2.75, 3.05) is 18.1 Å². The maximum absolute atomic E-state index is 12.3. The van der Waals surface area contributed by atoms with Crippen molar-refractivity contribution in [3.63, 3.8) is 0 Å². The van der Waals surface area contributed by atoms with Crippen molar-refractivity contribution < 1.29 is 23.1 Å². The number of likely N-dealkylation sites (tertiary alicyclic amines) is 1. The number of sulfone groups is 1. The first-order chi connectivity index (χ1) is 9.62. The second-order valence-electron chi connectivity index (χ2n) is 6.58. The molecule has 2 fully saturated rings. The van der Waals surface area contributed by atoms with E-state index in [0.717, 1.165) is 12.8 Å². The van der Waals surface area contributed by atoms with E-state index in [1.807, 2.05) is 13.8 Å². The summed E-state index contributed by atoms with van der Waals surface area (Å²) in [6.07, 6.45) is 1.88. The lowest BCUT2D eigenvalue weighted by atomic mass is 9.76. The zero-order valence-corrected chi connectivity index (χ0v) is 13.1. The third-order valence-corrected chi connectivity index (χ3v) is 6.09. The van der Waals surface area contributed by atoms with Gasteiger partial charge < -0.3 is 15.3 Å². The van der Waals surface area contributed by atoms with Crippen LogP contribution in [0.25, 0.3) is 0 Å². The fourth-order valence-corrected chi connectivity index (χ4v) is 4.92. The highest BCUT2D eigenvalue weighted by molar-refractivity contribution is 7.91. The number of hydrogen-bond donors (Lipinski definition) is 2. The van der Waals surface area contributed by atoms with E-state index in [4.69, 9.17) is 0 Å². The number of carbonyl (C=O) groups is 2. The average molecular weight is 318 g/mol. The van der Waals surface area contributed by atoms with Crippen LogP contribution in [0, 0.1) is 5.41 Å². The Morgan fingerprint density at radius 2 is 2.00 bits per heavy atom. The Balaban J connectivity index is 2.08. The molecule has 0 bridgehead atoms. The largest absolute Gasteiger partial charge is 0.480 e. The molecule has 2 atom stereocenters. The SMILES string of the molecule is CC1(C)CCCN(C(=O)NC2CCS(=O)(=O)C2)C1C(=O)O. The molecule has 2 heterocycles. The highest BCUT2D eigenvalue weighted by Gasteiger charge is 2.45. The summed E-state index contributed by atoms with van der Waals surface area (Å²) in [5.41, 5.74) is -0.497. The van der Waals surface area contributed by atoms with E-state index in [-0.39, 0.29) is 11.5 Å². The number of rotatable bonds is 2. The summed E-state index contributed by atoms with van der Waals surface area (Å²) in [4.78, 5) is 25.2. The van der Waals surface area contributed by atoms with Gasteiger partial charge in [-0.3, -0.25) is 0 Å². The summed E-state index contributed by atoms with van der Waals surface area (Å²) in [5, 5.41) is 12.1. The summed E-state index contributed by atoms with van der Waals surface area (Å²) in [6, 6.07) is -1.77. The Bertz CT molecular complexity index is 543. The summed E-state index contributed by atoms with van der Waals surface area (Å²) in [5.74, 6) is -1.01. The summed E-state index contributed by atoms with van der Waals surface area (Å²) < 4.78 is 22.8. The van der Waals surface area contributed by atoms with E-state index < -0.39 is 39.3 Å². The molecule has 2 aliphatic rings. The van der Waals surface area contributed by atoms with Crippen LogP contribution in [0.1, 0.15) is 33.1 Å². The molecule has 120 valence electrons. The summed E-state index contributed by atoms with van der Waals surface area (Å²) >= 11 is 0. The topological polar surface area (TPSA) is 104 Å². The molecule has 7 nitrogen and oxygen atoms in total. The number of aliphatic carboxylic acids is 1. The Labute approximate surface area is 124 Å². The third-order valence-electron chi connectivity index (χ3n) is 4.33. The van der Waals surface area contributed by atoms with Gasteiger partial charge in [0.05, 0.1) is 11.5 Å². The number of carbonyl (C=O) groups excluding carboxylic acids is 1. The van der Waals surface area contributed by atoms with Crippen LogP contribution in [0.3, 0.4) is 0 Å². The highest BCUT2D eigenvalue weighted by Crippen LogP contribution is 2.35. The molecule has 2 unspecified atom stereocenters. The number of piperidine rings is 1. The normalized spacial score (nSPS) is 30.9. The van der Waals surface area contributed by atoms with E-state index in [2.05, 4.69) is 5.32 Å². The molecule has 21 heavy (non-hydrogen) atoms. The first kappa shape index (κ1) is 16.1. The first-order valence-corrected chi connectivity index (χ1v) is 8.95. The van der Waals surface area contributed by atoms with E-state index in [1.165, 1.54) is 4.90 Å². The second-order valence-corrected chi connectivity index (χ2v) is 8.80. The standard InChI is InChI=1S/C13H22N2O5S/c1-13(2)5-3-6-15(10(13)11(16)17)12(18)14-9-4-7-21(19,20)8-9/h9-10H,3-8H2,1-2H3,(H,14,18)(H,16,17). The number of hydrogen-bond acceptors (Lipinski definition) is 4. The lowest BCUT2D eigenvalue weighted by Crippen LogP contribution is -2.59. The molecule has 0 spiro atoms. The molecule has 0 aromatic heterocycles. The van der Waals surface area contributed by atoms with Crippen molar-refractivity contribution in [3.05, 3.63) is 0 Å². The van der Waals surface area contributed by atoms with Crippen molar-refractivity contribution in [3.8, 4) is 0 Å². The van der Waals surface area contributed by atoms with Crippen molar-refractivity contribution in [2.24, 2.45) is 5.41 Å². The Kier molecular flexibility index (Phi) is 4.19. The lowest BCUT2D eigenvalue weighted by Gasteiger charge is -2.44. The minimum atomic E-state index is -3.07. The fourth-order valence-electron chi connectivity index (χ4n) is 3.25. The molecule has 2 rings (SSSR count). The second kappa shape index (κ2) is 5.47. The van der Waals surface area contributed by atoms with Gasteiger partial charge >= 0.3 is 12.0 Å². The quantitative estimate of drug-likeness (QED) is 0.770. The maximum Gasteiger partial charge on any atom is 0.327 e. The zero-order valence-electron chi connectivity index (χ0n) is 12.3. The van der Waals surface area contributed by atoms with Crippen molar-refractivity contribution in [2.45, 2.75) is 45.2 Å². The van der Waals surface area contributed by atoms with Gasteiger partial charge in [-0.05, 0) is 24.7 Å². The Morgan fingerprint density at radius 3 is 2.52 bits per heavy atom. The zero-order chi connectivity index (χ0) is 15.8. The monoisotopic (exact) mass is 318 g/mol. The fraction of sp³-hybridized carbons (Fsp3) is 0.846. The van der Waals surface area contributed by atoms with Crippen LogP contribution >= 0.6 is 0 Å². The molecular formula is C13H22N2O5S. The van der Waals surface area contributed by atoms with Crippen LogP contribution in [0.5, 0.6) is 0 Å². The molecule has 2 aliphatic heterocycles. The van der Waals surface area contributed by atoms with Gasteiger partial charge in [-0.1, -0.05) is 13.8 Å². The Hall–Kier alpha value is -1.31. The lowest BCUT2D eigenvalue weighted by molar-refractivity contribution is -0.148. The summed E-state index contributed by atoms with van der Waals surface area (Å²) in [6.45, 7) is 4.06. The van der Waals surface area contributed by atoms with Crippen LogP contribution in [0.15, 0.2) is 0 Å². The van der Waals surface area contributed by atoms with E-state index in [1.54, 1.807) is 0 Å². The molecule has 0 aromatic rings. The number of nitrogens with one attached hydrogen (secondary N) is 1. The molecule has 0 saturated carbocycles. The molecule has 2 amide bonds. The van der Waals surface area contributed by atoms with Gasteiger partial charge in [0.2, 0.25) is 0 Å². The van der Waals surface area contributed by atoms with Gasteiger partial charge in [0, 0.05) is 12.6 Å². The van der Waals surface area contributed by atoms with Crippen LogP contribution < -0.4 is 5.32 Å². The molecule has 2 saturated heterocycles. The van der Waals surface area contributed by atoms with Crippen molar-refractivity contribution in [1.29, 1.82) is 0 Å². The minimum Gasteiger partial charge on any atom is -0.480 e. The van der Waals surface area contributed by atoms with E-state index >= 15 is 0 Å². The van der Waals surface area contributed by atoms with Crippen molar-refractivity contribution in [1.82, 2.24) is 10.2 Å². The molecule has 0 aromatic carbocycles. The number of amides is 2. The number of carboxylic acid groups (broad SMARTS) is 1. The number of nitrogens with zero attached hydrogens (tertiary/aromatic N) is 1. The maximum atomic E-state index is 12.3. The van der Waals surface area contributed by atoms with Gasteiger partial charge in [0.25, 0.3) is 0 Å². The van der Waals surface area contributed by atoms with Crippen LogP contribution in [0.2, 0.25) is 0 Å². The van der Waals surface area contributed by atoms with Gasteiger partial charge in [0.15, 0.2) is 9.84 Å². The predicted octanol–water partition coefficient (Wildman–Crippen LogP) is 0.458. The summed E-state index contributed by atoms with van der Waals surface area (Å²) in [7, 11) is -3.07. The van der Waals surface area contributed by atoms with Gasteiger partial charge in [0.1, 0.15) is 6.04 Å². The van der Waals surface area contributed by atoms with E-state index in [9.17, 15) is 23.1 Å². The van der Waals surface area contributed by atoms with Gasteiger partial charge in [-0.2, -0.15) is 0 Å². The smallest absolute Gasteiger partial charge is 0.327 e. The predicted molar refractivity (Wildman–Crippen MR) is 76.7 cm³/mol. The van der Waals surface area contributed by atoms with Gasteiger partial charge in [-0.25, -0.2) is 18.0 Å². The number of urea groups is 1. The Morgan fingerprint density at radius 1 is 1.33 bits per heavy atom. The van der Waals surface area contributed by atoms with E-state index in [0.29, 0.717) is 13.0 Å². The third kappa shape index (κ3) is 3.48. The van der Waals surface area contributed by atoms with Crippen LogP contribution in [-0.2, 0) is 14.6 Å². The number of carboxylic acids is 1. The minimum absolute atomic E-state index is 0.0618. The molecular weight excluding hydrogens is 296 g/mol. The van der Waals surface area contributed by atoms with Crippen molar-refractivity contribution >= 4 is 21.8 Å². The van der Waals surface area contributed by atoms with Crippen LogP contribution in [-0.4, -0.2) is 60.6 Å². The molecule has 2 N–H and O–H groups in total. The van der Waals surface area contributed by atoms with Crippen LogP contribution in [0.4, 0.5) is 4.79 Å². The average Bonchev–Trinajstić information content (AvgIpc) is 2.66. The first-order valence-electron chi connectivity index (χ1n) is 7.13.